The van der Waals surface area contributed by atoms with Gasteiger partial charge in [-0.15, -0.1) is 0 Å². The van der Waals surface area contributed by atoms with Crippen LogP contribution in [0, 0.1) is 0 Å². The van der Waals surface area contributed by atoms with Crippen LogP contribution in [0.15, 0.2) is 22.7 Å². The Hall–Kier alpha value is -1.07. The molecule has 0 radical (unpaired) electrons. The number of benzene rings is 1. The van der Waals surface area contributed by atoms with Gasteiger partial charge in [-0.2, -0.15) is 0 Å². The molecule has 0 fully saturated rings. The second kappa shape index (κ2) is 6.39. The Bertz CT molecular complexity index is 453. The molecule has 5 heteroatoms. The molecule has 0 saturated carbocycles. The van der Waals surface area contributed by atoms with E-state index in [2.05, 4.69) is 26.1 Å². The molecule has 0 atom stereocenters. The predicted molar refractivity (Wildman–Crippen MR) is 81.4 cm³/mol. The topological polar surface area (TPSA) is 41.6 Å². The molecule has 1 N–H and O–H groups in total. The van der Waals surface area contributed by atoms with E-state index in [0.717, 1.165) is 22.3 Å². The summed E-state index contributed by atoms with van der Waals surface area (Å²) < 4.78 is 6.24. The highest BCUT2D eigenvalue weighted by atomic mass is 79.9. The number of carbonyl (C=O) groups is 1. The molecule has 1 aromatic carbocycles. The molecule has 106 valence electrons. The van der Waals surface area contributed by atoms with Gasteiger partial charge in [0.05, 0.1) is 0 Å². The zero-order valence-corrected chi connectivity index (χ0v) is 13.7. The van der Waals surface area contributed by atoms with Gasteiger partial charge in [0, 0.05) is 16.7 Å². The average Bonchev–Trinajstić information content (AvgIpc) is 2.19. The minimum atomic E-state index is -0.494. The van der Waals surface area contributed by atoms with E-state index in [1.165, 1.54) is 0 Å². The van der Waals surface area contributed by atoms with Crippen molar-refractivity contribution in [3.8, 4) is 0 Å². The zero-order valence-electron chi connectivity index (χ0n) is 12.1. The smallest absolute Gasteiger partial charge is 0.412 e. The minimum Gasteiger partial charge on any atom is -0.444 e. The van der Waals surface area contributed by atoms with Crippen molar-refractivity contribution in [1.82, 2.24) is 4.90 Å². The van der Waals surface area contributed by atoms with Crippen molar-refractivity contribution in [3.05, 3.63) is 28.2 Å². The van der Waals surface area contributed by atoms with Gasteiger partial charge in [0.25, 0.3) is 0 Å². The summed E-state index contributed by atoms with van der Waals surface area (Å²) >= 11 is 3.50. The Morgan fingerprint density at radius 3 is 2.53 bits per heavy atom. The van der Waals surface area contributed by atoms with E-state index in [9.17, 15) is 4.79 Å². The van der Waals surface area contributed by atoms with Gasteiger partial charge in [-0.3, -0.25) is 5.32 Å². The van der Waals surface area contributed by atoms with Crippen molar-refractivity contribution < 1.29 is 9.53 Å². The molecule has 1 rings (SSSR count). The van der Waals surface area contributed by atoms with Crippen LogP contribution in [0.3, 0.4) is 0 Å². The number of halogens is 1. The number of carbonyl (C=O) groups excluding carboxylic acids is 1. The molecule has 1 amide bonds. The number of hydrogen-bond donors (Lipinski definition) is 1. The monoisotopic (exact) mass is 328 g/mol. The van der Waals surface area contributed by atoms with E-state index < -0.39 is 11.7 Å². The van der Waals surface area contributed by atoms with E-state index in [1.54, 1.807) is 0 Å². The molecular formula is C14H21BrN2O2. The normalized spacial score (nSPS) is 11.5. The lowest BCUT2D eigenvalue weighted by atomic mass is 10.2. The van der Waals surface area contributed by atoms with Gasteiger partial charge >= 0.3 is 6.09 Å². The fraction of sp³-hybridized carbons (Fsp3) is 0.500. The van der Waals surface area contributed by atoms with Crippen LogP contribution in [0.5, 0.6) is 0 Å². The molecule has 0 bridgehead atoms. The van der Waals surface area contributed by atoms with Crippen molar-refractivity contribution in [2.75, 3.05) is 19.4 Å². The maximum Gasteiger partial charge on any atom is 0.412 e. The van der Waals surface area contributed by atoms with Crippen molar-refractivity contribution in [3.63, 3.8) is 0 Å². The number of amides is 1. The lowest BCUT2D eigenvalue weighted by molar-refractivity contribution is 0.0636. The highest BCUT2D eigenvalue weighted by molar-refractivity contribution is 9.10. The summed E-state index contributed by atoms with van der Waals surface area (Å²) in [6.45, 7) is 6.31. The SMILES string of the molecule is CN(C)Cc1cc(NC(=O)OC(C)(C)C)ccc1Br. The van der Waals surface area contributed by atoms with Gasteiger partial charge in [-0.1, -0.05) is 15.9 Å². The maximum absolute atomic E-state index is 11.7. The fourth-order valence-electron chi connectivity index (χ4n) is 1.54. The number of hydrogen-bond acceptors (Lipinski definition) is 3. The first-order chi connectivity index (χ1) is 8.67. The third kappa shape index (κ3) is 6.07. The van der Waals surface area contributed by atoms with E-state index in [1.807, 2.05) is 53.1 Å². The first-order valence-electron chi connectivity index (χ1n) is 6.10. The minimum absolute atomic E-state index is 0.439. The van der Waals surface area contributed by atoms with Crippen molar-refractivity contribution in [2.45, 2.75) is 32.9 Å². The largest absolute Gasteiger partial charge is 0.444 e. The molecule has 0 aliphatic carbocycles. The molecule has 0 unspecified atom stereocenters. The molecule has 0 spiro atoms. The highest BCUT2D eigenvalue weighted by Gasteiger charge is 2.16. The van der Waals surface area contributed by atoms with Gasteiger partial charge in [-0.25, -0.2) is 4.79 Å². The van der Waals surface area contributed by atoms with Gasteiger partial charge in [0.1, 0.15) is 5.60 Å². The van der Waals surface area contributed by atoms with Crippen molar-refractivity contribution in [1.29, 1.82) is 0 Å². The Labute approximate surface area is 123 Å². The standard InChI is InChI=1S/C14H21BrN2O2/c1-14(2,3)19-13(18)16-11-6-7-12(15)10(8-11)9-17(4)5/h6-8H,9H2,1-5H3,(H,16,18). The first-order valence-corrected chi connectivity index (χ1v) is 6.90. The van der Waals surface area contributed by atoms with Crippen LogP contribution >= 0.6 is 15.9 Å². The zero-order chi connectivity index (χ0) is 14.6. The maximum atomic E-state index is 11.7. The molecule has 0 saturated heterocycles. The number of nitrogens with one attached hydrogen (secondary N) is 1. The summed E-state index contributed by atoms with van der Waals surface area (Å²) in [6, 6.07) is 5.70. The molecule has 0 heterocycles. The summed E-state index contributed by atoms with van der Waals surface area (Å²) in [4.78, 5) is 13.8. The van der Waals surface area contributed by atoms with E-state index in [0.29, 0.717) is 0 Å². The van der Waals surface area contributed by atoms with E-state index in [4.69, 9.17) is 4.74 Å². The van der Waals surface area contributed by atoms with Crippen molar-refractivity contribution in [2.24, 2.45) is 0 Å². The molecule has 19 heavy (non-hydrogen) atoms. The summed E-state index contributed by atoms with van der Waals surface area (Å²) in [7, 11) is 4.00. The Balaban J connectivity index is 2.77. The quantitative estimate of drug-likeness (QED) is 0.916. The van der Waals surface area contributed by atoms with Gasteiger partial charge in [-0.05, 0) is 58.6 Å². The Kier molecular flexibility index (Phi) is 5.38. The molecule has 0 aromatic heterocycles. The van der Waals surface area contributed by atoms with E-state index in [-0.39, 0.29) is 0 Å². The number of rotatable bonds is 3. The lowest BCUT2D eigenvalue weighted by Crippen LogP contribution is -2.27. The summed E-state index contributed by atoms with van der Waals surface area (Å²) in [5.74, 6) is 0. The Morgan fingerprint density at radius 2 is 2.00 bits per heavy atom. The van der Waals surface area contributed by atoms with Gasteiger partial charge < -0.3 is 9.64 Å². The molecule has 4 nitrogen and oxygen atoms in total. The Morgan fingerprint density at radius 1 is 1.37 bits per heavy atom. The fourth-order valence-corrected chi connectivity index (χ4v) is 1.91. The third-order valence-corrected chi connectivity index (χ3v) is 2.95. The highest BCUT2D eigenvalue weighted by Crippen LogP contribution is 2.22. The number of ether oxygens (including phenoxy) is 1. The molecule has 1 aromatic rings. The van der Waals surface area contributed by atoms with Crippen LogP contribution in [0.25, 0.3) is 0 Å². The van der Waals surface area contributed by atoms with Crippen LogP contribution in [-0.2, 0) is 11.3 Å². The van der Waals surface area contributed by atoms with Crippen molar-refractivity contribution >= 4 is 27.7 Å². The van der Waals surface area contributed by atoms with Crippen LogP contribution in [-0.4, -0.2) is 30.7 Å². The summed E-state index contributed by atoms with van der Waals surface area (Å²) in [5.41, 5.74) is 1.35. The second-order valence-corrected chi connectivity index (χ2v) is 6.53. The number of anilines is 1. The molecular weight excluding hydrogens is 308 g/mol. The molecule has 0 aliphatic heterocycles. The van der Waals surface area contributed by atoms with Crippen LogP contribution < -0.4 is 5.32 Å². The van der Waals surface area contributed by atoms with Gasteiger partial charge in [0.15, 0.2) is 0 Å². The van der Waals surface area contributed by atoms with Crippen LogP contribution in [0.2, 0.25) is 0 Å². The first kappa shape index (κ1) is 16.0. The third-order valence-electron chi connectivity index (χ3n) is 2.18. The van der Waals surface area contributed by atoms with Gasteiger partial charge in [0.2, 0.25) is 0 Å². The average molecular weight is 329 g/mol. The van der Waals surface area contributed by atoms with E-state index >= 15 is 0 Å². The summed E-state index contributed by atoms with van der Waals surface area (Å²) in [6.07, 6.45) is -0.439. The lowest BCUT2D eigenvalue weighted by Gasteiger charge is -2.20. The second-order valence-electron chi connectivity index (χ2n) is 5.67. The van der Waals surface area contributed by atoms with Crippen LogP contribution in [0.1, 0.15) is 26.3 Å². The summed E-state index contributed by atoms with van der Waals surface area (Å²) in [5, 5.41) is 2.74. The number of nitrogens with zero attached hydrogens (tertiary/aromatic N) is 1. The van der Waals surface area contributed by atoms with Crippen LogP contribution in [0.4, 0.5) is 10.5 Å². The molecule has 0 aliphatic rings. The predicted octanol–water partition coefficient (Wildman–Crippen LogP) is 3.86.